The molecule has 1 atom stereocenters. The first-order valence-corrected chi connectivity index (χ1v) is 9.91. The van der Waals surface area contributed by atoms with E-state index in [-0.39, 0.29) is 18.1 Å². The third kappa shape index (κ3) is 4.17. The molecule has 1 amide bonds. The second kappa shape index (κ2) is 6.84. The quantitative estimate of drug-likeness (QED) is 0.846. The van der Waals surface area contributed by atoms with Gasteiger partial charge in [-0.3, -0.25) is 4.79 Å². The molecule has 5 heteroatoms. The van der Waals surface area contributed by atoms with Gasteiger partial charge in [0.1, 0.15) is 0 Å². The van der Waals surface area contributed by atoms with Crippen LogP contribution in [0.1, 0.15) is 16.7 Å². The van der Waals surface area contributed by atoms with Gasteiger partial charge in [-0.25, -0.2) is 8.42 Å². The summed E-state index contributed by atoms with van der Waals surface area (Å²) in [5.41, 5.74) is 3.73. The zero-order chi connectivity index (χ0) is 18.0. The molecular formula is C20H21NO3S. The minimum absolute atomic E-state index is 0.0689. The number of aryl methyl sites for hydroxylation is 2. The van der Waals surface area contributed by atoms with Crippen molar-refractivity contribution in [3.8, 4) is 0 Å². The number of sulfone groups is 1. The van der Waals surface area contributed by atoms with Crippen LogP contribution in [0, 0.1) is 13.8 Å². The van der Waals surface area contributed by atoms with Gasteiger partial charge < -0.3 is 4.90 Å². The van der Waals surface area contributed by atoms with E-state index in [0.717, 1.165) is 22.4 Å². The highest BCUT2D eigenvalue weighted by Crippen LogP contribution is 2.26. The lowest BCUT2D eigenvalue weighted by atomic mass is 10.1. The van der Waals surface area contributed by atoms with Crippen molar-refractivity contribution in [2.24, 2.45) is 0 Å². The average molecular weight is 355 g/mol. The van der Waals surface area contributed by atoms with E-state index in [2.05, 4.69) is 0 Å². The third-order valence-corrected chi connectivity index (χ3v) is 5.57. The first kappa shape index (κ1) is 17.4. The first-order chi connectivity index (χ1) is 11.8. The van der Waals surface area contributed by atoms with Crippen molar-refractivity contribution in [1.82, 2.24) is 0 Å². The van der Waals surface area contributed by atoms with Crippen molar-refractivity contribution < 1.29 is 13.2 Å². The predicted molar refractivity (Wildman–Crippen MR) is 100 cm³/mol. The molecule has 2 aromatic rings. The van der Waals surface area contributed by atoms with Crippen LogP contribution in [-0.4, -0.2) is 26.1 Å². The maximum absolute atomic E-state index is 13.0. The summed E-state index contributed by atoms with van der Waals surface area (Å²) in [5, 5.41) is 1.21. The summed E-state index contributed by atoms with van der Waals surface area (Å²) >= 11 is 0. The highest BCUT2D eigenvalue weighted by Gasteiger charge is 2.31. The Morgan fingerprint density at radius 2 is 1.72 bits per heavy atom. The summed E-state index contributed by atoms with van der Waals surface area (Å²) in [6.07, 6.45) is 1.84. The Bertz CT molecular complexity index is 897. The summed E-state index contributed by atoms with van der Waals surface area (Å²) < 4.78 is 23.7. The van der Waals surface area contributed by atoms with E-state index in [1.165, 1.54) is 5.41 Å². The topological polar surface area (TPSA) is 54.5 Å². The summed E-state index contributed by atoms with van der Waals surface area (Å²) in [7, 11) is -3.25. The van der Waals surface area contributed by atoms with Crippen LogP contribution in [0.25, 0.3) is 0 Å². The predicted octanol–water partition coefficient (Wildman–Crippen LogP) is 3.19. The molecule has 0 saturated heterocycles. The average Bonchev–Trinajstić information content (AvgIpc) is 2.87. The van der Waals surface area contributed by atoms with Crippen LogP contribution in [-0.2, 0) is 21.1 Å². The van der Waals surface area contributed by atoms with E-state index in [1.807, 2.05) is 62.4 Å². The van der Waals surface area contributed by atoms with Gasteiger partial charge >= 0.3 is 0 Å². The molecular weight excluding hydrogens is 334 g/mol. The number of carbonyl (C=O) groups is 1. The smallest absolute Gasteiger partial charge is 0.231 e. The molecule has 1 heterocycles. The fourth-order valence-corrected chi connectivity index (χ4v) is 4.45. The lowest BCUT2D eigenvalue weighted by Crippen LogP contribution is -2.42. The Balaban J connectivity index is 1.97. The number of carbonyl (C=O) groups excluding carboxylic acids is 1. The summed E-state index contributed by atoms with van der Waals surface area (Å²) in [6.45, 7) is 3.94. The number of rotatable bonds is 4. The summed E-state index contributed by atoms with van der Waals surface area (Å²) in [6, 6.07) is 14.9. The molecule has 0 aromatic heterocycles. The Labute approximate surface area is 148 Å². The molecule has 25 heavy (non-hydrogen) atoms. The Hall–Kier alpha value is -2.40. The molecule has 1 aliphatic heterocycles. The lowest BCUT2D eigenvalue weighted by molar-refractivity contribution is -0.118. The molecule has 0 bridgehead atoms. The fourth-order valence-electron chi connectivity index (χ4n) is 3.19. The van der Waals surface area contributed by atoms with Gasteiger partial charge in [-0.1, -0.05) is 36.4 Å². The van der Waals surface area contributed by atoms with E-state index >= 15 is 0 Å². The van der Waals surface area contributed by atoms with Gasteiger partial charge in [0.2, 0.25) is 5.91 Å². The van der Waals surface area contributed by atoms with Crippen LogP contribution >= 0.6 is 0 Å². The molecule has 0 fully saturated rings. The SMILES string of the molecule is Cc1cc(C)cc(N(C(=O)Cc2ccccc2)[C@@H]2C=CS(=O)(=O)C2)c1. The van der Waals surface area contributed by atoms with Crippen molar-refractivity contribution in [2.45, 2.75) is 26.3 Å². The van der Waals surface area contributed by atoms with Gasteiger partial charge in [0.15, 0.2) is 9.84 Å². The second-order valence-electron chi connectivity index (χ2n) is 6.50. The lowest BCUT2D eigenvalue weighted by Gasteiger charge is -2.28. The van der Waals surface area contributed by atoms with E-state index in [0.29, 0.717) is 0 Å². The number of benzene rings is 2. The van der Waals surface area contributed by atoms with Crippen molar-refractivity contribution in [2.75, 3.05) is 10.7 Å². The number of hydrogen-bond acceptors (Lipinski definition) is 3. The molecule has 0 unspecified atom stereocenters. The molecule has 1 aliphatic rings. The minimum Gasteiger partial charge on any atom is -0.304 e. The number of hydrogen-bond donors (Lipinski definition) is 0. The zero-order valence-electron chi connectivity index (χ0n) is 14.3. The Morgan fingerprint density at radius 3 is 2.28 bits per heavy atom. The third-order valence-electron chi connectivity index (χ3n) is 4.19. The molecule has 4 nitrogen and oxygen atoms in total. The largest absolute Gasteiger partial charge is 0.304 e. The van der Waals surface area contributed by atoms with Gasteiger partial charge in [-0.2, -0.15) is 0 Å². The number of nitrogens with zero attached hydrogens (tertiary/aromatic N) is 1. The van der Waals surface area contributed by atoms with Crippen LogP contribution in [0.4, 0.5) is 5.69 Å². The molecule has 2 aromatic carbocycles. The van der Waals surface area contributed by atoms with E-state index in [9.17, 15) is 13.2 Å². The molecule has 130 valence electrons. The minimum atomic E-state index is -3.25. The van der Waals surface area contributed by atoms with Crippen molar-refractivity contribution in [3.05, 3.63) is 76.7 Å². The maximum atomic E-state index is 13.0. The summed E-state index contributed by atoms with van der Waals surface area (Å²) in [4.78, 5) is 14.7. The molecule has 0 spiro atoms. The van der Waals surface area contributed by atoms with Crippen LogP contribution < -0.4 is 4.90 Å². The van der Waals surface area contributed by atoms with Crippen LogP contribution in [0.5, 0.6) is 0 Å². The van der Waals surface area contributed by atoms with Gasteiger partial charge in [0.25, 0.3) is 0 Å². The molecule has 0 N–H and O–H groups in total. The van der Waals surface area contributed by atoms with Gasteiger partial charge in [-0.15, -0.1) is 0 Å². The second-order valence-corrected chi connectivity index (χ2v) is 8.43. The normalized spacial score (nSPS) is 18.2. The van der Waals surface area contributed by atoms with Crippen molar-refractivity contribution in [1.29, 1.82) is 0 Å². The van der Waals surface area contributed by atoms with Crippen LogP contribution in [0.2, 0.25) is 0 Å². The molecule has 0 aliphatic carbocycles. The number of amides is 1. The van der Waals surface area contributed by atoms with Gasteiger partial charge in [0.05, 0.1) is 18.2 Å². The standard InChI is InChI=1S/C20H21NO3S/c1-15-10-16(2)12-19(11-15)21(18-8-9-25(23,24)14-18)20(22)13-17-6-4-3-5-7-17/h3-12,18H,13-14H2,1-2H3/t18-/m1/s1. The first-order valence-electron chi connectivity index (χ1n) is 8.19. The van der Waals surface area contributed by atoms with E-state index in [1.54, 1.807) is 11.0 Å². The van der Waals surface area contributed by atoms with E-state index < -0.39 is 15.9 Å². The molecule has 3 rings (SSSR count). The zero-order valence-corrected chi connectivity index (χ0v) is 15.2. The van der Waals surface area contributed by atoms with Gasteiger partial charge in [-0.05, 0) is 48.7 Å². The monoisotopic (exact) mass is 355 g/mol. The fraction of sp³-hybridized carbons (Fsp3) is 0.250. The van der Waals surface area contributed by atoms with Crippen molar-refractivity contribution >= 4 is 21.4 Å². The molecule has 0 radical (unpaired) electrons. The molecule has 0 saturated carbocycles. The maximum Gasteiger partial charge on any atom is 0.231 e. The Kier molecular flexibility index (Phi) is 4.77. The van der Waals surface area contributed by atoms with Gasteiger partial charge in [0, 0.05) is 11.1 Å². The van der Waals surface area contributed by atoms with Crippen molar-refractivity contribution in [3.63, 3.8) is 0 Å². The van der Waals surface area contributed by atoms with Crippen LogP contribution in [0.15, 0.2) is 60.0 Å². The summed E-state index contributed by atoms with van der Waals surface area (Å²) in [5.74, 6) is -0.177. The van der Waals surface area contributed by atoms with Crippen LogP contribution in [0.3, 0.4) is 0 Å². The highest BCUT2D eigenvalue weighted by atomic mass is 32.2. The number of anilines is 1. The van der Waals surface area contributed by atoms with E-state index in [4.69, 9.17) is 0 Å². The Morgan fingerprint density at radius 1 is 1.08 bits per heavy atom. The highest BCUT2D eigenvalue weighted by molar-refractivity contribution is 7.94.